The Morgan fingerprint density at radius 2 is 2.12 bits per heavy atom. The molecular weight excluding hydrogens is 442 g/mol. The first-order valence-corrected chi connectivity index (χ1v) is 12.2. The van der Waals surface area contributed by atoms with Gasteiger partial charge in [0, 0.05) is 43.3 Å². The van der Waals surface area contributed by atoms with Crippen molar-refractivity contribution in [1.29, 1.82) is 0 Å². The molecular formula is C23H33N5O4S. The van der Waals surface area contributed by atoms with E-state index in [1.165, 1.54) is 11.8 Å². The molecule has 4 rings (SSSR count). The first-order chi connectivity index (χ1) is 15.7. The zero-order valence-electron chi connectivity index (χ0n) is 20.0. The molecule has 0 aliphatic carbocycles. The molecule has 1 atom stereocenters. The van der Waals surface area contributed by atoms with Gasteiger partial charge in [0.2, 0.25) is 0 Å². The van der Waals surface area contributed by atoms with Crippen molar-refractivity contribution in [2.45, 2.75) is 38.2 Å². The number of rotatable bonds is 8. The highest BCUT2D eigenvalue weighted by Gasteiger charge is 2.47. The maximum atomic E-state index is 12.8. The second kappa shape index (κ2) is 9.34. The second-order valence-electron chi connectivity index (χ2n) is 9.34. The summed E-state index contributed by atoms with van der Waals surface area (Å²) in [5.41, 5.74) is 1.99. The average Bonchev–Trinajstić information content (AvgIpc) is 3.11. The van der Waals surface area contributed by atoms with Crippen molar-refractivity contribution in [2.75, 3.05) is 56.7 Å². The lowest BCUT2D eigenvalue weighted by Gasteiger charge is -2.40. The van der Waals surface area contributed by atoms with Crippen molar-refractivity contribution in [1.82, 2.24) is 15.3 Å². The lowest BCUT2D eigenvalue weighted by Crippen LogP contribution is -2.50. The van der Waals surface area contributed by atoms with Gasteiger partial charge < -0.3 is 29.6 Å². The molecule has 3 aliphatic rings. The Hall–Kier alpha value is -2.59. The van der Waals surface area contributed by atoms with E-state index in [4.69, 9.17) is 9.57 Å². The standard InChI is InChI=1S/C23H33N5O4S/c1-6-26(10-9-25(4)5)16-7-8-17-19(13-16)31-12-11-27(17)22-28(32-15-29)18-14-23(2,3)24-21(30)20(18)33-22/h7-8,13,15,22H,6,9-12,14H2,1-5H3,(H,24,30). The number of ether oxygens (including phenoxy) is 1. The summed E-state index contributed by atoms with van der Waals surface area (Å²) in [4.78, 5) is 36.8. The smallest absolute Gasteiger partial charge is 0.320 e. The summed E-state index contributed by atoms with van der Waals surface area (Å²) in [6.45, 7) is 10.4. The van der Waals surface area contributed by atoms with Crippen LogP contribution in [0, 0.1) is 0 Å². The van der Waals surface area contributed by atoms with Crippen LogP contribution in [0.5, 0.6) is 5.75 Å². The number of carbonyl (C=O) groups excluding carboxylic acids is 2. The van der Waals surface area contributed by atoms with Gasteiger partial charge in [0.1, 0.15) is 12.4 Å². The Kier molecular flexibility index (Phi) is 6.67. The number of benzene rings is 1. The predicted molar refractivity (Wildman–Crippen MR) is 130 cm³/mol. The third kappa shape index (κ3) is 4.72. The van der Waals surface area contributed by atoms with E-state index >= 15 is 0 Å². The molecule has 0 aromatic heterocycles. The predicted octanol–water partition coefficient (Wildman–Crippen LogP) is 2.20. The zero-order chi connectivity index (χ0) is 23.8. The molecule has 3 heterocycles. The molecule has 1 amide bonds. The van der Waals surface area contributed by atoms with Crippen molar-refractivity contribution < 1.29 is 19.2 Å². The van der Waals surface area contributed by atoms with Gasteiger partial charge in [0.05, 0.1) is 22.8 Å². The number of nitrogens with zero attached hydrogens (tertiary/aromatic N) is 4. The fraction of sp³-hybridized carbons (Fsp3) is 0.565. The van der Waals surface area contributed by atoms with Crippen LogP contribution in [0.3, 0.4) is 0 Å². The number of carbonyl (C=O) groups is 2. The van der Waals surface area contributed by atoms with E-state index in [0.29, 0.717) is 30.9 Å². The van der Waals surface area contributed by atoms with E-state index in [2.05, 4.69) is 59.2 Å². The fourth-order valence-corrected chi connectivity index (χ4v) is 5.71. The van der Waals surface area contributed by atoms with Crippen LogP contribution in [0.25, 0.3) is 0 Å². The number of hydrogen-bond acceptors (Lipinski definition) is 9. The molecule has 1 aromatic carbocycles. The van der Waals surface area contributed by atoms with Crippen LogP contribution in [0.4, 0.5) is 11.4 Å². The zero-order valence-corrected chi connectivity index (χ0v) is 20.8. The van der Waals surface area contributed by atoms with Crippen LogP contribution in [-0.4, -0.2) is 80.3 Å². The Bertz CT molecular complexity index is 951. The highest BCUT2D eigenvalue weighted by molar-refractivity contribution is 8.04. The number of fused-ring (bicyclic) bond motifs is 1. The number of thioether (sulfide) groups is 1. The van der Waals surface area contributed by atoms with Crippen LogP contribution in [0.1, 0.15) is 27.2 Å². The van der Waals surface area contributed by atoms with Gasteiger partial charge in [0.15, 0.2) is 5.50 Å². The van der Waals surface area contributed by atoms with Crippen LogP contribution >= 0.6 is 11.8 Å². The van der Waals surface area contributed by atoms with E-state index in [0.717, 1.165) is 42.5 Å². The topological polar surface area (TPSA) is 77.6 Å². The molecule has 0 fully saturated rings. The van der Waals surface area contributed by atoms with E-state index in [-0.39, 0.29) is 11.4 Å². The number of amides is 1. The minimum absolute atomic E-state index is 0.128. The summed E-state index contributed by atoms with van der Waals surface area (Å²) in [5.74, 6) is 0.667. The molecule has 3 aliphatic heterocycles. The average molecular weight is 476 g/mol. The normalized spacial score (nSPS) is 21.4. The second-order valence-corrected chi connectivity index (χ2v) is 10.4. The third-order valence-electron chi connectivity index (χ3n) is 6.05. The first kappa shape index (κ1) is 23.6. The molecule has 9 nitrogen and oxygen atoms in total. The van der Waals surface area contributed by atoms with E-state index in [9.17, 15) is 9.59 Å². The van der Waals surface area contributed by atoms with E-state index in [1.54, 1.807) is 5.06 Å². The summed E-state index contributed by atoms with van der Waals surface area (Å²) >= 11 is 1.41. The highest BCUT2D eigenvalue weighted by Crippen LogP contribution is 2.48. The monoisotopic (exact) mass is 475 g/mol. The molecule has 33 heavy (non-hydrogen) atoms. The van der Waals surface area contributed by atoms with Gasteiger partial charge in [-0.15, -0.1) is 0 Å². The summed E-state index contributed by atoms with van der Waals surface area (Å²) < 4.78 is 6.03. The van der Waals surface area contributed by atoms with Gasteiger partial charge in [-0.2, -0.15) is 5.06 Å². The highest BCUT2D eigenvalue weighted by atomic mass is 32.2. The molecule has 0 saturated carbocycles. The molecule has 1 N–H and O–H groups in total. The maximum Gasteiger partial charge on any atom is 0.320 e. The molecule has 0 spiro atoms. The van der Waals surface area contributed by atoms with Gasteiger partial charge in [0.25, 0.3) is 5.91 Å². The molecule has 10 heteroatoms. The Morgan fingerprint density at radius 1 is 1.33 bits per heavy atom. The number of hydrogen-bond donors (Lipinski definition) is 1. The first-order valence-electron chi connectivity index (χ1n) is 11.3. The minimum atomic E-state index is -0.413. The number of likely N-dealkylation sites (N-methyl/N-ethyl adjacent to an activating group) is 2. The molecule has 0 bridgehead atoms. The van der Waals surface area contributed by atoms with Crippen molar-refractivity contribution in [3.05, 3.63) is 28.8 Å². The van der Waals surface area contributed by atoms with Crippen molar-refractivity contribution in [3.63, 3.8) is 0 Å². The lowest BCUT2D eigenvalue weighted by molar-refractivity contribution is -0.168. The lowest BCUT2D eigenvalue weighted by atomic mass is 9.94. The Morgan fingerprint density at radius 3 is 2.82 bits per heavy atom. The Balaban J connectivity index is 1.61. The SMILES string of the molecule is CCN(CCN(C)C)c1ccc2c(c1)OCCN2C1SC2=C(CC(C)(C)NC2=O)N1OC=O. The van der Waals surface area contributed by atoms with E-state index in [1.807, 2.05) is 13.8 Å². The van der Waals surface area contributed by atoms with Gasteiger partial charge in [-0.25, -0.2) is 0 Å². The van der Waals surface area contributed by atoms with Crippen LogP contribution in [0.2, 0.25) is 0 Å². The molecule has 1 unspecified atom stereocenters. The quantitative estimate of drug-likeness (QED) is 0.570. The van der Waals surface area contributed by atoms with Crippen LogP contribution < -0.4 is 19.9 Å². The molecule has 0 radical (unpaired) electrons. The van der Waals surface area contributed by atoms with Gasteiger partial charge >= 0.3 is 6.47 Å². The van der Waals surface area contributed by atoms with Gasteiger partial charge in [-0.05, 0) is 47.0 Å². The third-order valence-corrected chi connectivity index (χ3v) is 7.36. The molecule has 0 saturated heterocycles. The van der Waals surface area contributed by atoms with Gasteiger partial charge in [-0.3, -0.25) is 9.59 Å². The maximum absolute atomic E-state index is 12.8. The van der Waals surface area contributed by atoms with Crippen molar-refractivity contribution in [2.24, 2.45) is 0 Å². The number of hydroxylamine groups is 2. The summed E-state index contributed by atoms with van der Waals surface area (Å²) in [6.07, 6.45) is 0.582. The minimum Gasteiger partial charge on any atom is -0.489 e. The van der Waals surface area contributed by atoms with Crippen LogP contribution in [0.15, 0.2) is 28.8 Å². The molecule has 180 valence electrons. The molecule has 1 aromatic rings. The van der Waals surface area contributed by atoms with Crippen molar-refractivity contribution >= 4 is 35.5 Å². The fourth-order valence-electron chi connectivity index (χ4n) is 4.42. The van der Waals surface area contributed by atoms with E-state index < -0.39 is 5.54 Å². The Labute approximate surface area is 199 Å². The summed E-state index contributed by atoms with van der Waals surface area (Å²) in [6, 6.07) is 6.24. The number of anilines is 2. The van der Waals surface area contributed by atoms with Crippen LogP contribution in [-0.2, 0) is 14.4 Å². The summed E-state index contributed by atoms with van der Waals surface area (Å²) in [5, 5.41) is 4.63. The largest absolute Gasteiger partial charge is 0.489 e. The van der Waals surface area contributed by atoms with Gasteiger partial charge in [-0.1, -0.05) is 11.8 Å². The summed E-state index contributed by atoms with van der Waals surface area (Å²) in [7, 11) is 4.15. The van der Waals surface area contributed by atoms with Crippen molar-refractivity contribution in [3.8, 4) is 5.75 Å². The number of nitrogens with one attached hydrogen (secondary N) is 1.